The van der Waals surface area contributed by atoms with Crippen LogP contribution in [-0.4, -0.2) is 22.7 Å². The van der Waals surface area contributed by atoms with E-state index < -0.39 is 0 Å². The summed E-state index contributed by atoms with van der Waals surface area (Å²) < 4.78 is 0.595. The number of aliphatic imine (C=N–C) groups is 1. The number of anilines is 1. The Hall–Kier alpha value is -2.05. The van der Waals surface area contributed by atoms with E-state index in [0.29, 0.717) is 21.1 Å². The summed E-state index contributed by atoms with van der Waals surface area (Å²) in [7, 11) is 0. The van der Waals surface area contributed by atoms with Gasteiger partial charge in [0.15, 0.2) is 5.17 Å². The number of thioether (sulfide) groups is 1. The Balaban J connectivity index is 2.02. The summed E-state index contributed by atoms with van der Waals surface area (Å²) in [5, 5.41) is 10.4. The molecule has 1 saturated heterocycles. The van der Waals surface area contributed by atoms with Gasteiger partial charge in [0.1, 0.15) is 5.75 Å². The van der Waals surface area contributed by atoms with E-state index in [9.17, 15) is 9.90 Å². The molecule has 1 N–H and O–H groups in total. The number of hydrogen-bond donors (Lipinski definition) is 1. The summed E-state index contributed by atoms with van der Waals surface area (Å²) in [4.78, 5) is 20.0. The van der Waals surface area contributed by atoms with Crippen molar-refractivity contribution in [2.24, 2.45) is 4.99 Å². The van der Waals surface area contributed by atoms with Gasteiger partial charge in [-0.05, 0) is 76.4 Å². The molecule has 0 bridgehead atoms. The van der Waals surface area contributed by atoms with E-state index in [0.717, 1.165) is 23.2 Å². The molecule has 134 valence electrons. The van der Waals surface area contributed by atoms with E-state index >= 15 is 0 Å². The Morgan fingerprint density at radius 1 is 1.27 bits per heavy atom. The van der Waals surface area contributed by atoms with Crippen LogP contribution in [0.4, 0.5) is 5.69 Å². The molecule has 2 aromatic rings. The van der Waals surface area contributed by atoms with Crippen molar-refractivity contribution in [2.45, 2.75) is 20.3 Å². The zero-order valence-corrected chi connectivity index (χ0v) is 17.0. The number of benzene rings is 2. The number of para-hydroxylation sites is 1. The molecule has 1 heterocycles. The molecule has 0 spiro atoms. The van der Waals surface area contributed by atoms with Crippen LogP contribution >= 0.6 is 27.7 Å². The summed E-state index contributed by atoms with van der Waals surface area (Å²) in [6, 6.07) is 13.0. The molecule has 1 fully saturated rings. The maximum absolute atomic E-state index is 13.1. The topological polar surface area (TPSA) is 52.9 Å². The lowest BCUT2D eigenvalue weighted by molar-refractivity contribution is -0.113. The van der Waals surface area contributed by atoms with Gasteiger partial charge in [-0.3, -0.25) is 14.7 Å². The molecule has 0 aliphatic carbocycles. The number of aryl methyl sites for hydroxylation is 1. The van der Waals surface area contributed by atoms with Crippen molar-refractivity contribution in [2.75, 3.05) is 11.4 Å². The van der Waals surface area contributed by atoms with Crippen LogP contribution in [0.3, 0.4) is 0 Å². The van der Waals surface area contributed by atoms with Crippen LogP contribution in [0.25, 0.3) is 6.08 Å². The minimum Gasteiger partial charge on any atom is -0.507 e. The third-order valence-corrected chi connectivity index (χ3v) is 5.54. The molecule has 0 unspecified atom stereocenters. The molecule has 0 saturated carbocycles. The van der Waals surface area contributed by atoms with Gasteiger partial charge in [-0.1, -0.05) is 31.2 Å². The first-order chi connectivity index (χ1) is 12.5. The molecule has 3 rings (SSSR count). The van der Waals surface area contributed by atoms with Gasteiger partial charge < -0.3 is 5.11 Å². The molecule has 0 atom stereocenters. The summed E-state index contributed by atoms with van der Waals surface area (Å²) >= 11 is 4.69. The number of carbonyl (C=O) groups is 1. The number of amidine groups is 1. The molecule has 1 amide bonds. The molecule has 4 nitrogen and oxygen atoms in total. The van der Waals surface area contributed by atoms with Crippen LogP contribution in [0, 0.1) is 6.92 Å². The first-order valence-corrected chi connectivity index (χ1v) is 9.94. The third-order valence-electron chi connectivity index (χ3n) is 3.90. The lowest BCUT2D eigenvalue weighted by Crippen LogP contribution is -2.29. The first-order valence-electron chi connectivity index (χ1n) is 8.34. The highest BCUT2D eigenvalue weighted by Gasteiger charge is 2.35. The summed E-state index contributed by atoms with van der Waals surface area (Å²) in [5.74, 6) is 0.0904. The minimum absolute atomic E-state index is 0.0802. The summed E-state index contributed by atoms with van der Waals surface area (Å²) in [6.45, 7) is 4.73. The quantitative estimate of drug-likeness (QED) is 0.664. The fourth-order valence-corrected chi connectivity index (χ4v) is 3.97. The van der Waals surface area contributed by atoms with Crippen molar-refractivity contribution in [3.63, 3.8) is 0 Å². The molecule has 0 radical (unpaired) electrons. The average Bonchev–Trinajstić information content (AvgIpc) is 2.92. The number of amides is 1. The maximum atomic E-state index is 13.1. The molecule has 1 aliphatic heterocycles. The molecule has 1 aliphatic rings. The predicted molar refractivity (Wildman–Crippen MR) is 113 cm³/mol. The van der Waals surface area contributed by atoms with Gasteiger partial charge in [-0.2, -0.15) is 0 Å². The normalized spacial score (nSPS) is 17.5. The number of hydrogen-bond acceptors (Lipinski definition) is 4. The smallest absolute Gasteiger partial charge is 0.271 e. The highest BCUT2D eigenvalue weighted by atomic mass is 79.9. The Morgan fingerprint density at radius 3 is 2.73 bits per heavy atom. The minimum atomic E-state index is -0.0802. The van der Waals surface area contributed by atoms with E-state index in [-0.39, 0.29) is 11.7 Å². The van der Waals surface area contributed by atoms with E-state index in [4.69, 9.17) is 0 Å². The van der Waals surface area contributed by atoms with Gasteiger partial charge in [0.25, 0.3) is 5.91 Å². The van der Waals surface area contributed by atoms with E-state index in [1.54, 1.807) is 23.1 Å². The second kappa shape index (κ2) is 8.10. The number of phenols is 1. The second-order valence-corrected chi connectivity index (χ2v) is 7.78. The number of phenolic OH excluding ortho intramolecular Hbond substituents is 1. The van der Waals surface area contributed by atoms with Crippen molar-refractivity contribution in [3.8, 4) is 5.75 Å². The Bertz CT molecular complexity index is 908. The van der Waals surface area contributed by atoms with Crippen LogP contribution < -0.4 is 4.90 Å². The van der Waals surface area contributed by atoms with E-state index in [2.05, 4.69) is 27.8 Å². The monoisotopic (exact) mass is 430 g/mol. The van der Waals surface area contributed by atoms with Crippen LogP contribution in [0.15, 0.2) is 56.8 Å². The zero-order chi connectivity index (χ0) is 18.7. The van der Waals surface area contributed by atoms with Gasteiger partial charge in [0.05, 0.1) is 15.1 Å². The first kappa shape index (κ1) is 18.7. The van der Waals surface area contributed by atoms with Gasteiger partial charge >= 0.3 is 0 Å². The van der Waals surface area contributed by atoms with Crippen LogP contribution in [-0.2, 0) is 4.79 Å². The van der Waals surface area contributed by atoms with Crippen molar-refractivity contribution in [1.29, 1.82) is 0 Å². The fourth-order valence-electron chi connectivity index (χ4n) is 2.58. The Labute approximate surface area is 165 Å². The molecular weight excluding hydrogens is 412 g/mol. The fraction of sp³-hybridized carbons (Fsp3) is 0.200. The zero-order valence-electron chi connectivity index (χ0n) is 14.6. The van der Waals surface area contributed by atoms with Crippen molar-refractivity contribution >= 4 is 50.5 Å². The van der Waals surface area contributed by atoms with Crippen molar-refractivity contribution < 1.29 is 9.90 Å². The number of halogens is 1. The standard InChI is InChI=1S/C20H19BrN2O2S/c1-3-10-22-20-23(16-7-5-4-6-13(16)2)19(25)18(26-20)12-14-8-9-17(24)15(21)11-14/h4-9,11-12,24H,3,10H2,1-2H3/b18-12-,22-20?. The van der Waals surface area contributed by atoms with E-state index in [1.807, 2.05) is 37.3 Å². The van der Waals surface area contributed by atoms with Crippen LogP contribution in [0.1, 0.15) is 24.5 Å². The molecule has 6 heteroatoms. The molecular formula is C20H19BrN2O2S. The highest BCUT2D eigenvalue weighted by Crippen LogP contribution is 2.37. The maximum Gasteiger partial charge on any atom is 0.271 e. The molecule has 2 aromatic carbocycles. The molecule has 26 heavy (non-hydrogen) atoms. The SMILES string of the molecule is CCCN=C1S/C(=C\c2ccc(O)c(Br)c2)C(=O)N1c1ccccc1C. The number of aromatic hydroxyl groups is 1. The lowest BCUT2D eigenvalue weighted by Gasteiger charge is -2.17. The van der Waals surface area contributed by atoms with Crippen LogP contribution in [0.5, 0.6) is 5.75 Å². The van der Waals surface area contributed by atoms with Gasteiger partial charge in [-0.25, -0.2) is 0 Å². The van der Waals surface area contributed by atoms with Gasteiger partial charge in [0, 0.05) is 6.54 Å². The highest BCUT2D eigenvalue weighted by molar-refractivity contribution is 9.10. The summed E-state index contributed by atoms with van der Waals surface area (Å²) in [6.07, 6.45) is 2.75. The number of nitrogens with zero attached hydrogens (tertiary/aromatic N) is 2. The van der Waals surface area contributed by atoms with Crippen LogP contribution in [0.2, 0.25) is 0 Å². The number of carbonyl (C=O) groups excluding carboxylic acids is 1. The third kappa shape index (κ3) is 3.86. The van der Waals surface area contributed by atoms with Crippen molar-refractivity contribution in [1.82, 2.24) is 0 Å². The molecule has 0 aromatic heterocycles. The average molecular weight is 431 g/mol. The number of rotatable bonds is 4. The van der Waals surface area contributed by atoms with Gasteiger partial charge in [-0.15, -0.1) is 0 Å². The van der Waals surface area contributed by atoms with E-state index in [1.165, 1.54) is 11.8 Å². The lowest BCUT2D eigenvalue weighted by atomic mass is 10.1. The predicted octanol–water partition coefficient (Wildman–Crippen LogP) is 5.35. The van der Waals surface area contributed by atoms with Crippen molar-refractivity contribution in [3.05, 3.63) is 63.0 Å². The second-order valence-electron chi connectivity index (χ2n) is 5.91. The summed E-state index contributed by atoms with van der Waals surface area (Å²) in [5.41, 5.74) is 2.72. The Kier molecular flexibility index (Phi) is 5.84. The van der Waals surface area contributed by atoms with Gasteiger partial charge in [0.2, 0.25) is 0 Å². The Morgan fingerprint density at radius 2 is 2.04 bits per heavy atom. The largest absolute Gasteiger partial charge is 0.507 e.